The largest absolute Gasteiger partial charge is 0.393 e. The molecule has 3 rings (SSSR count). The number of carbonyl (C=O) groups excluding carboxylic acids is 3. The van der Waals surface area contributed by atoms with E-state index in [-0.39, 0.29) is 18.3 Å². The summed E-state index contributed by atoms with van der Waals surface area (Å²) >= 11 is 0. The molecule has 23 heavy (non-hydrogen) atoms. The Bertz CT molecular complexity index is 651. The molecule has 0 N–H and O–H groups in total. The minimum Gasteiger partial charge on any atom is -0.393 e. The summed E-state index contributed by atoms with van der Waals surface area (Å²) in [5.74, 6) is -1.32. The molecule has 122 valence electrons. The fourth-order valence-electron chi connectivity index (χ4n) is 3.09. The number of piperidine rings is 1. The fourth-order valence-corrected chi connectivity index (χ4v) is 3.09. The third kappa shape index (κ3) is 2.78. The minimum atomic E-state index is -0.762. The average molecular weight is 320 g/mol. The van der Waals surface area contributed by atoms with E-state index >= 15 is 0 Å². The third-order valence-corrected chi connectivity index (χ3v) is 4.61. The number of rotatable bonds is 1. The second-order valence-electron chi connectivity index (χ2n) is 6.02. The summed E-state index contributed by atoms with van der Waals surface area (Å²) in [5.41, 5.74) is -0.172. The number of benzene rings is 1. The van der Waals surface area contributed by atoms with Gasteiger partial charge < -0.3 is 9.64 Å². The van der Waals surface area contributed by atoms with Crippen LogP contribution < -0.4 is 4.90 Å². The summed E-state index contributed by atoms with van der Waals surface area (Å²) in [6, 6.07) is 5.44. The van der Waals surface area contributed by atoms with E-state index < -0.39 is 17.4 Å². The lowest BCUT2D eigenvalue weighted by Gasteiger charge is -2.37. The smallest absolute Gasteiger partial charge is 0.324 e. The number of cyclic esters (lactones) is 2. The molecular weight excluding hydrogens is 303 g/mol. The van der Waals surface area contributed by atoms with Crippen LogP contribution in [-0.4, -0.2) is 43.0 Å². The number of ether oxygens (including phenoxy) is 1. The van der Waals surface area contributed by atoms with Gasteiger partial charge in [-0.05, 0) is 37.1 Å². The molecule has 7 heteroatoms. The van der Waals surface area contributed by atoms with Crippen molar-refractivity contribution in [1.82, 2.24) is 4.90 Å². The fraction of sp³-hybridized carbons (Fsp3) is 0.438. The summed E-state index contributed by atoms with van der Waals surface area (Å²) in [5, 5.41) is 0. The normalized spacial score (nSPS) is 19.8. The molecule has 2 aliphatic rings. The SMILES string of the molecule is CN(C(=O)N1CCC2(CC1)CC(=O)OC2=O)c1ccc(F)cc1. The molecule has 6 nitrogen and oxygen atoms in total. The molecule has 0 aromatic heterocycles. The molecule has 1 aromatic rings. The molecule has 2 saturated heterocycles. The number of esters is 2. The van der Waals surface area contributed by atoms with Crippen molar-refractivity contribution in [3.05, 3.63) is 30.1 Å². The van der Waals surface area contributed by atoms with E-state index in [1.807, 2.05) is 0 Å². The highest BCUT2D eigenvalue weighted by Gasteiger charge is 2.51. The first-order valence-corrected chi connectivity index (χ1v) is 7.45. The van der Waals surface area contributed by atoms with E-state index in [0.29, 0.717) is 31.6 Å². The first-order chi connectivity index (χ1) is 10.9. The standard InChI is InChI=1S/C16H17FN2O4/c1-18(12-4-2-11(17)3-5-12)15(22)19-8-6-16(7-9-19)10-13(20)23-14(16)21/h2-5H,6-10H2,1H3. The van der Waals surface area contributed by atoms with Crippen LogP contribution in [0.2, 0.25) is 0 Å². The van der Waals surface area contributed by atoms with Gasteiger partial charge in [-0.25, -0.2) is 9.18 Å². The summed E-state index contributed by atoms with van der Waals surface area (Å²) in [6.45, 7) is 0.763. The van der Waals surface area contributed by atoms with Gasteiger partial charge in [-0.1, -0.05) is 0 Å². The molecular formula is C16H17FN2O4. The topological polar surface area (TPSA) is 66.9 Å². The molecule has 0 aliphatic carbocycles. The molecule has 2 amide bonds. The van der Waals surface area contributed by atoms with Gasteiger partial charge in [-0.15, -0.1) is 0 Å². The first kappa shape index (κ1) is 15.5. The molecule has 0 unspecified atom stereocenters. The van der Waals surface area contributed by atoms with E-state index in [1.165, 1.54) is 29.2 Å². The van der Waals surface area contributed by atoms with E-state index in [2.05, 4.69) is 4.74 Å². The highest BCUT2D eigenvalue weighted by Crippen LogP contribution is 2.41. The van der Waals surface area contributed by atoms with Crippen LogP contribution in [0.4, 0.5) is 14.9 Å². The highest BCUT2D eigenvalue weighted by molar-refractivity contribution is 5.98. The summed E-state index contributed by atoms with van der Waals surface area (Å²) < 4.78 is 17.6. The van der Waals surface area contributed by atoms with Crippen molar-refractivity contribution in [2.75, 3.05) is 25.0 Å². The number of urea groups is 1. The van der Waals surface area contributed by atoms with Gasteiger partial charge in [0.15, 0.2) is 0 Å². The highest BCUT2D eigenvalue weighted by atomic mass is 19.1. The van der Waals surface area contributed by atoms with Crippen LogP contribution in [0.3, 0.4) is 0 Å². The number of carbonyl (C=O) groups is 3. The van der Waals surface area contributed by atoms with Crippen LogP contribution in [0, 0.1) is 11.2 Å². The first-order valence-electron chi connectivity index (χ1n) is 7.45. The van der Waals surface area contributed by atoms with Gasteiger partial charge >= 0.3 is 18.0 Å². The maximum atomic E-state index is 13.0. The Balaban J connectivity index is 1.65. The molecule has 2 aliphatic heterocycles. The Labute approximate surface area is 132 Å². The molecule has 2 fully saturated rings. The summed E-state index contributed by atoms with van der Waals surface area (Å²) in [6.07, 6.45) is 0.933. The second kappa shape index (κ2) is 5.64. The zero-order chi connectivity index (χ0) is 16.6. The predicted molar refractivity (Wildman–Crippen MR) is 79.2 cm³/mol. The lowest BCUT2D eigenvalue weighted by atomic mass is 9.77. The molecule has 0 saturated carbocycles. The van der Waals surface area contributed by atoms with Crippen molar-refractivity contribution in [3.63, 3.8) is 0 Å². The van der Waals surface area contributed by atoms with E-state index in [9.17, 15) is 18.8 Å². The third-order valence-electron chi connectivity index (χ3n) is 4.61. The average Bonchev–Trinajstić information content (AvgIpc) is 2.81. The van der Waals surface area contributed by atoms with Crippen LogP contribution in [-0.2, 0) is 14.3 Å². The number of nitrogens with zero attached hydrogens (tertiary/aromatic N) is 2. The number of halogens is 1. The number of likely N-dealkylation sites (tertiary alicyclic amines) is 1. The van der Waals surface area contributed by atoms with Gasteiger partial charge in [0, 0.05) is 25.8 Å². The Hall–Kier alpha value is -2.44. The van der Waals surface area contributed by atoms with E-state index in [0.717, 1.165) is 0 Å². The Morgan fingerprint density at radius 1 is 1.22 bits per heavy atom. The van der Waals surface area contributed by atoms with Crippen molar-refractivity contribution >= 4 is 23.7 Å². The molecule has 0 atom stereocenters. The quantitative estimate of drug-likeness (QED) is 0.586. The lowest BCUT2D eigenvalue weighted by Crippen LogP contribution is -2.49. The number of hydrogen-bond donors (Lipinski definition) is 0. The van der Waals surface area contributed by atoms with E-state index in [1.54, 1.807) is 11.9 Å². The van der Waals surface area contributed by atoms with Crippen LogP contribution >= 0.6 is 0 Å². The van der Waals surface area contributed by atoms with Gasteiger partial charge in [0.05, 0.1) is 11.8 Å². The van der Waals surface area contributed by atoms with Crippen LogP contribution in [0.1, 0.15) is 19.3 Å². The van der Waals surface area contributed by atoms with Gasteiger partial charge in [0.25, 0.3) is 0 Å². The number of hydrogen-bond acceptors (Lipinski definition) is 4. The number of amides is 2. The molecule has 1 aromatic carbocycles. The monoisotopic (exact) mass is 320 g/mol. The van der Waals surface area contributed by atoms with Crippen molar-refractivity contribution < 1.29 is 23.5 Å². The van der Waals surface area contributed by atoms with Crippen molar-refractivity contribution in [2.24, 2.45) is 5.41 Å². The minimum absolute atomic E-state index is 0.0989. The Morgan fingerprint density at radius 2 is 1.83 bits per heavy atom. The molecule has 0 bridgehead atoms. The van der Waals surface area contributed by atoms with Gasteiger partial charge in [0.2, 0.25) is 0 Å². The van der Waals surface area contributed by atoms with Crippen LogP contribution in [0.5, 0.6) is 0 Å². The lowest BCUT2D eigenvalue weighted by molar-refractivity contribution is -0.156. The zero-order valence-corrected chi connectivity index (χ0v) is 12.8. The van der Waals surface area contributed by atoms with Crippen LogP contribution in [0.15, 0.2) is 24.3 Å². The summed E-state index contributed by atoms with van der Waals surface area (Å²) in [7, 11) is 1.62. The second-order valence-corrected chi connectivity index (χ2v) is 6.02. The predicted octanol–water partition coefficient (Wildman–Crippen LogP) is 1.94. The van der Waals surface area contributed by atoms with Crippen LogP contribution in [0.25, 0.3) is 0 Å². The van der Waals surface area contributed by atoms with Gasteiger partial charge in [0.1, 0.15) is 5.82 Å². The maximum Gasteiger partial charge on any atom is 0.324 e. The Kier molecular flexibility index (Phi) is 3.79. The van der Waals surface area contributed by atoms with Crippen molar-refractivity contribution in [3.8, 4) is 0 Å². The zero-order valence-electron chi connectivity index (χ0n) is 12.8. The maximum absolute atomic E-state index is 13.0. The Morgan fingerprint density at radius 3 is 2.35 bits per heavy atom. The van der Waals surface area contributed by atoms with Crippen molar-refractivity contribution in [2.45, 2.75) is 19.3 Å². The summed E-state index contributed by atoms with van der Waals surface area (Å²) in [4.78, 5) is 38.7. The molecule has 0 radical (unpaired) electrons. The van der Waals surface area contributed by atoms with Gasteiger partial charge in [-0.2, -0.15) is 0 Å². The van der Waals surface area contributed by atoms with E-state index in [4.69, 9.17) is 0 Å². The molecule has 1 spiro atoms. The molecule has 2 heterocycles. The van der Waals surface area contributed by atoms with Gasteiger partial charge in [-0.3, -0.25) is 14.5 Å². The van der Waals surface area contributed by atoms with Crippen molar-refractivity contribution in [1.29, 1.82) is 0 Å². The number of anilines is 1.